The van der Waals surface area contributed by atoms with E-state index in [1.165, 1.54) is 12.1 Å². The molecule has 1 aromatic rings. The van der Waals surface area contributed by atoms with Crippen molar-refractivity contribution < 1.29 is 22.4 Å². The summed E-state index contributed by atoms with van der Waals surface area (Å²) in [5, 5.41) is 0. The van der Waals surface area contributed by atoms with E-state index in [0.29, 0.717) is 12.4 Å². The van der Waals surface area contributed by atoms with E-state index in [1.54, 1.807) is 0 Å². The van der Waals surface area contributed by atoms with Crippen LogP contribution in [0.4, 0.5) is 12.9 Å². The predicted molar refractivity (Wildman–Crippen MR) is 64.2 cm³/mol. The van der Waals surface area contributed by atoms with Gasteiger partial charge in [-0.25, -0.2) is 0 Å². The predicted octanol–water partition coefficient (Wildman–Crippen LogP) is 2.69. The molecule has 1 atom stereocenters. The summed E-state index contributed by atoms with van der Waals surface area (Å²) < 4.78 is 48.0. The van der Waals surface area contributed by atoms with Crippen LogP contribution in [0.5, 0.6) is 5.75 Å². The first-order valence-corrected chi connectivity index (χ1v) is 6.10. The van der Waals surface area contributed by atoms with E-state index < -0.39 is 12.4 Å². The lowest BCUT2D eigenvalue weighted by molar-refractivity contribution is 0.0903. The first-order chi connectivity index (χ1) is 8.55. The molecule has 0 radical (unpaired) electrons. The molecule has 1 heterocycles. The Hall–Kier alpha value is -1.17. The van der Waals surface area contributed by atoms with E-state index in [9.17, 15) is 12.9 Å². The van der Waals surface area contributed by atoms with E-state index in [0.717, 1.165) is 38.0 Å². The summed E-state index contributed by atoms with van der Waals surface area (Å²) in [4.78, 5) is 0. The lowest BCUT2D eigenvalue weighted by Crippen LogP contribution is -2.33. The van der Waals surface area contributed by atoms with Gasteiger partial charge < -0.3 is 22.4 Å². The van der Waals surface area contributed by atoms with Crippen LogP contribution in [0, 0.1) is 0 Å². The normalized spacial score (nSPS) is 20.1. The van der Waals surface area contributed by atoms with Gasteiger partial charge >= 0.3 is 6.98 Å². The smallest absolute Gasteiger partial charge is 0.494 e. The molecule has 0 bridgehead atoms. The minimum Gasteiger partial charge on any atom is -0.494 e. The molecule has 1 aliphatic heterocycles. The number of ether oxygens (including phenoxy) is 2. The van der Waals surface area contributed by atoms with Gasteiger partial charge in [0.1, 0.15) is 5.75 Å². The monoisotopic (exact) mass is 259 g/mol. The third-order valence-electron chi connectivity index (χ3n) is 2.99. The number of hydrogen-bond donors (Lipinski definition) is 0. The minimum atomic E-state index is -4.92. The summed E-state index contributed by atoms with van der Waals surface area (Å²) in [5.74, 6) is 0.469. The lowest BCUT2D eigenvalue weighted by Gasteiger charge is -2.15. The fraction of sp³-hybridized carbons (Fsp3) is 0.500. The topological polar surface area (TPSA) is 18.5 Å². The second-order valence-corrected chi connectivity index (χ2v) is 4.42. The lowest BCUT2D eigenvalue weighted by atomic mass is 9.80. The maximum atomic E-state index is 12.4. The van der Waals surface area contributed by atoms with E-state index in [4.69, 9.17) is 9.47 Å². The molecular formula is C12H15BF3O2-. The maximum Gasteiger partial charge on any atom is 0.509 e. The Labute approximate surface area is 104 Å². The molecule has 2 nitrogen and oxygen atoms in total. The third-order valence-corrected chi connectivity index (χ3v) is 2.99. The van der Waals surface area contributed by atoms with Crippen molar-refractivity contribution in [2.45, 2.75) is 25.4 Å². The molecule has 1 aromatic carbocycles. The first-order valence-electron chi connectivity index (χ1n) is 6.10. The van der Waals surface area contributed by atoms with Gasteiger partial charge in [0.05, 0.1) is 12.7 Å². The van der Waals surface area contributed by atoms with Crippen LogP contribution in [0.1, 0.15) is 19.3 Å². The van der Waals surface area contributed by atoms with Crippen LogP contribution in [0.3, 0.4) is 0 Å². The van der Waals surface area contributed by atoms with Crippen molar-refractivity contribution in [3.8, 4) is 5.75 Å². The molecule has 0 spiro atoms. The van der Waals surface area contributed by atoms with Gasteiger partial charge in [-0.15, -0.1) is 5.46 Å². The molecule has 1 fully saturated rings. The summed E-state index contributed by atoms with van der Waals surface area (Å²) >= 11 is 0. The van der Waals surface area contributed by atoms with Crippen LogP contribution in [0.25, 0.3) is 0 Å². The highest BCUT2D eigenvalue weighted by Crippen LogP contribution is 2.17. The largest absolute Gasteiger partial charge is 0.509 e. The van der Waals surface area contributed by atoms with Gasteiger partial charge in [-0.05, 0) is 25.0 Å². The molecule has 6 heteroatoms. The van der Waals surface area contributed by atoms with Crippen molar-refractivity contribution in [2.24, 2.45) is 0 Å². The van der Waals surface area contributed by atoms with Gasteiger partial charge in [-0.3, -0.25) is 0 Å². The van der Waals surface area contributed by atoms with Crippen molar-refractivity contribution in [3.63, 3.8) is 0 Å². The van der Waals surface area contributed by atoms with E-state index in [1.807, 2.05) is 0 Å². The molecule has 1 unspecified atom stereocenters. The highest BCUT2D eigenvalue weighted by atomic mass is 19.4. The van der Waals surface area contributed by atoms with Crippen molar-refractivity contribution in [1.82, 2.24) is 0 Å². The van der Waals surface area contributed by atoms with Gasteiger partial charge in [0.25, 0.3) is 0 Å². The van der Waals surface area contributed by atoms with Crippen molar-refractivity contribution >= 4 is 12.4 Å². The zero-order chi connectivity index (χ0) is 13.0. The molecule has 1 aliphatic rings. The van der Waals surface area contributed by atoms with Crippen LogP contribution < -0.4 is 10.2 Å². The Bertz CT molecular complexity index is 372. The van der Waals surface area contributed by atoms with Crippen molar-refractivity contribution in [2.75, 3.05) is 13.2 Å². The standard InChI is InChI=1S/C12H15BF3O2/c14-13(15,16)10-3-5-12(6-4-10)18-9-7-11-2-1-8-17-11/h3-6,11H,1-2,7-9H2/q-1. The second-order valence-electron chi connectivity index (χ2n) is 4.42. The molecule has 18 heavy (non-hydrogen) atoms. The van der Waals surface area contributed by atoms with Crippen molar-refractivity contribution in [3.05, 3.63) is 24.3 Å². The van der Waals surface area contributed by atoms with Gasteiger partial charge in [0.15, 0.2) is 0 Å². The van der Waals surface area contributed by atoms with Gasteiger partial charge in [0, 0.05) is 13.0 Å². The fourth-order valence-electron chi connectivity index (χ4n) is 1.96. The van der Waals surface area contributed by atoms with Crippen LogP contribution in [-0.4, -0.2) is 26.3 Å². The van der Waals surface area contributed by atoms with Crippen LogP contribution in [-0.2, 0) is 4.74 Å². The highest BCUT2D eigenvalue weighted by Gasteiger charge is 2.25. The Morgan fingerprint density at radius 1 is 1.22 bits per heavy atom. The van der Waals surface area contributed by atoms with Gasteiger partial charge in [-0.2, -0.15) is 0 Å². The maximum absolute atomic E-state index is 12.4. The number of halogens is 3. The molecule has 100 valence electrons. The summed E-state index contributed by atoms with van der Waals surface area (Å²) in [6, 6.07) is 4.84. The van der Waals surface area contributed by atoms with E-state index >= 15 is 0 Å². The Morgan fingerprint density at radius 3 is 2.50 bits per heavy atom. The summed E-state index contributed by atoms with van der Waals surface area (Å²) in [5.41, 5.74) is -0.596. The molecule has 0 N–H and O–H groups in total. The molecule has 0 saturated carbocycles. The number of benzene rings is 1. The molecular weight excluding hydrogens is 244 g/mol. The zero-order valence-corrected chi connectivity index (χ0v) is 9.95. The Morgan fingerprint density at radius 2 is 1.94 bits per heavy atom. The quantitative estimate of drug-likeness (QED) is 0.757. The van der Waals surface area contributed by atoms with Gasteiger partial charge in [0.2, 0.25) is 0 Å². The fourth-order valence-corrected chi connectivity index (χ4v) is 1.96. The molecule has 0 aromatic heterocycles. The Balaban J connectivity index is 1.79. The summed E-state index contributed by atoms with van der Waals surface area (Å²) in [6.07, 6.45) is 3.14. The van der Waals surface area contributed by atoms with E-state index in [-0.39, 0.29) is 6.10 Å². The second kappa shape index (κ2) is 5.65. The average molecular weight is 259 g/mol. The summed E-state index contributed by atoms with van der Waals surface area (Å²) in [6.45, 7) is -3.65. The van der Waals surface area contributed by atoms with Crippen molar-refractivity contribution in [1.29, 1.82) is 0 Å². The molecule has 0 aliphatic carbocycles. The molecule has 2 rings (SSSR count). The van der Waals surface area contributed by atoms with Crippen LogP contribution >= 0.6 is 0 Å². The highest BCUT2D eigenvalue weighted by molar-refractivity contribution is 6.73. The SMILES string of the molecule is F[B-](F)(F)c1ccc(OCCC2CCCO2)cc1. The first kappa shape index (κ1) is 13.3. The number of hydrogen-bond acceptors (Lipinski definition) is 2. The summed E-state index contributed by atoms with van der Waals surface area (Å²) in [7, 11) is 0. The average Bonchev–Trinajstić information content (AvgIpc) is 2.82. The number of rotatable bonds is 5. The minimum absolute atomic E-state index is 0.239. The Kier molecular flexibility index (Phi) is 4.17. The van der Waals surface area contributed by atoms with E-state index in [2.05, 4.69) is 0 Å². The third kappa shape index (κ3) is 3.66. The molecule has 0 amide bonds. The van der Waals surface area contributed by atoms with Gasteiger partial charge in [-0.1, -0.05) is 12.1 Å². The zero-order valence-electron chi connectivity index (χ0n) is 9.95. The van der Waals surface area contributed by atoms with Crippen LogP contribution in [0.15, 0.2) is 24.3 Å². The molecule has 1 saturated heterocycles. The van der Waals surface area contributed by atoms with Crippen LogP contribution in [0.2, 0.25) is 0 Å².